The highest BCUT2D eigenvalue weighted by atomic mass is 16.5. The average Bonchev–Trinajstić information content (AvgIpc) is 2.94. The lowest BCUT2D eigenvalue weighted by Crippen LogP contribution is -2.49. The summed E-state index contributed by atoms with van der Waals surface area (Å²) in [6.45, 7) is 9.82. The molecule has 2 heterocycles. The predicted molar refractivity (Wildman–Crippen MR) is 153 cm³/mol. The van der Waals surface area contributed by atoms with Crippen molar-refractivity contribution in [3.63, 3.8) is 0 Å². The van der Waals surface area contributed by atoms with Crippen molar-refractivity contribution in [3.05, 3.63) is 77.0 Å². The molecule has 2 aromatic carbocycles. The lowest BCUT2D eigenvalue weighted by Gasteiger charge is -2.37. The lowest BCUT2D eigenvalue weighted by molar-refractivity contribution is 0.0150. The number of aryl methyl sites for hydroxylation is 1. The van der Waals surface area contributed by atoms with Crippen LogP contribution in [0.5, 0.6) is 0 Å². The molecule has 0 radical (unpaired) electrons. The van der Waals surface area contributed by atoms with Gasteiger partial charge in [0.05, 0.1) is 25.0 Å². The molecule has 4 rings (SSSR count). The Kier molecular flexibility index (Phi) is 10.6. The Morgan fingerprint density at radius 3 is 2.39 bits per heavy atom. The topological polar surface area (TPSA) is 71.0 Å². The second-order valence-electron chi connectivity index (χ2n) is 10.1. The van der Waals surface area contributed by atoms with Gasteiger partial charge in [0.25, 0.3) is 0 Å². The molecule has 0 saturated carbocycles. The number of piperazine rings is 1. The minimum Gasteiger partial charge on any atom is -0.389 e. The summed E-state index contributed by atoms with van der Waals surface area (Å²) in [4.78, 5) is 14.8. The second-order valence-corrected chi connectivity index (χ2v) is 10.1. The third-order valence-corrected chi connectivity index (χ3v) is 6.98. The number of ether oxygens (including phenoxy) is 2. The molecule has 7 heteroatoms. The van der Waals surface area contributed by atoms with Crippen LogP contribution in [0.25, 0.3) is 11.4 Å². The zero-order chi connectivity index (χ0) is 26.7. The van der Waals surface area contributed by atoms with E-state index in [2.05, 4.69) is 60.0 Å². The summed E-state index contributed by atoms with van der Waals surface area (Å²) in [6, 6.07) is 18.8. The number of aromatic nitrogens is 2. The third-order valence-electron chi connectivity index (χ3n) is 6.98. The van der Waals surface area contributed by atoms with Gasteiger partial charge in [0.15, 0.2) is 5.82 Å². The van der Waals surface area contributed by atoms with E-state index in [9.17, 15) is 5.11 Å². The molecular formula is C31H42N4O3. The summed E-state index contributed by atoms with van der Waals surface area (Å²) in [7, 11) is 1.72. The van der Waals surface area contributed by atoms with Crippen LogP contribution in [-0.2, 0) is 22.5 Å². The number of aliphatic hydroxyl groups excluding tert-OH is 1. The zero-order valence-electron chi connectivity index (χ0n) is 23.1. The number of rotatable bonds is 13. The van der Waals surface area contributed by atoms with Crippen molar-refractivity contribution in [3.8, 4) is 11.4 Å². The summed E-state index contributed by atoms with van der Waals surface area (Å²) in [6.07, 6.45) is 2.42. The van der Waals surface area contributed by atoms with Crippen molar-refractivity contribution >= 4 is 5.82 Å². The number of methoxy groups -OCH3 is 1. The van der Waals surface area contributed by atoms with Crippen LogP contribution in [-0.4, -0.2) is 79.1 Å². The SMILES string of the molecule is CCCCOCC(O)CN1CCN(c2nc(-c3ccccc3)nc(COC)c2Cc2ccc(C)cc2)CC1. The highest BCUT2D eigenvalue weighted by Gasteiger charge is 2.25. The number of hydrogen-bond acceptors (Lipinski definition) is 7. The standard InChI is InChI=1S/C31H42N4O3/c1-4-5-19-38-22-27(36)21-34-15-17-35(18-16-34)31-28(20-25-13-11-24(2)12-14-25)29(23-37-3)32-30(33-31)26-9-7-6-8-10-26/h6-14,27,36H,4-5,15-23H2,1-3H3. The molecule has 1 N–H and O–H groups in total. The minimum atomic E-state index is -0.465. The molecule has 1 unspecified atom stereocenters. The van der Waals surface area contributed by atoms with Gasteiger partial charge in [0.1, 0.15) is 5.82 Å². The molecule has 1 atom stereocenters. The van der Waals surface area contributed by atoms with Crippen LogP contribution in [0.2, 0.25) is 0 Å². The molecule has 1 fully saturated rings. The van der Waals surface area contributed by atoms with Crippen molar-refractivity contribution in [2.45, 2.75) is 45.8 Å². The normalized spacial score (nSPS) is 15.1. The van der Waals surface area contributed by atoms with E-state index in [0.717, 1.165) is 73.9 Å². The molecule has 1 aliphatic rings. The van der Waals surface area contributed by atoms with E-state index in [1.807, 2.05) is 18.2 Å². The number of anilines is 1. The van der Waals surface area contributed by atoms with E-state index in [1.165, 1.54) is 11.1 Å². The maximum absolute atomic E-state index is 10.5. The summed E-state index contributed by atoms with van der Waals surface area (Å²) in [5.74, 6) is 1.71. The molecule has 0 aliphatic carbocycles. The number of unbranched alkanes of at least 4 members (excludes halogenated alkanes) is 1. The van der Waals surface area contributed by atoms with Crippen LogP contribution in [0.4, 0.5) is 5.82 Å². The zero-order valence-corrected chi connectivity index (χ0v) is 23.1. The number of aliphatic hydroxyl groups is 1. The van der Waals surface area contributed by atoms with E-state index in [-0.39, 0.29) is 0 Å². The maximum Gasteiger partial charge on any atom is 0.161 e. The molecular weight excluding hydrogens is 476 g/mol. The summed E-state index contributed by atoms with van der Waals surface area (Å²) >= 11 is 0. The Morgan fingerprint density at radius 1 is 0.974 bits per heavy atom. The number of nitrogens with zero attached hydrogens (tertiary/aromatic N) is 4. The van der Waals surface area contributed by atoms with Crippen LogP contribution in [0.15, 0.2) is 54.6 Å². The molecule has 1 aliphatic heterocycles. The molecule has 0 bridgehead atoms. The molecule has 3 aromatic rings. The van der Waals surface area contributed by atoms with Crippen LogP contribution < -0.4 is 4.90 Å². The van der Waals surface area contributed by atoms with E-state index < -0.39 is 6.10 Å². The first-order valence-electron chi connectivity index (χ1n) is 13.8. The van der Waals surface area contributed by atoms with Crippen LogP contribution in [0, 0.1) is 6.92 Å². The summed E-state index contributed by atoms with van der Waals surface area (Å²) in [5, 5.41) is 10.5. The highest BCUT2D eigenvalue weighted by molar-refractivity contribution is 5.61. The first-order chi connectivity index (χ1) is 18.6. The molecule has 7 nitrogen and oxygen atoms in total. The highest BCUT2D eigenvalue weighted by Crippen LogP contribution is 2.29. The minimum absolute atomic E-state index is 0.396. The van der Waals surface area contributed by atoms with Gasteiger partial charge in [-0.3, -0.25) is 4.90 Å². The van der Waals surface area contributed by atoms with Crippen LogP contribution >= 0.6 is 0 Å². The van der Waals surface area contributed by atoms with E-state index in [4.69, 9.17) is 19.4 Å². The van der Waals surface area contributed by atoms with Gasteiger partial charge in [0, 0.05) is 64.0 Å². The average molecular weight is 519 g/mol. The fourth-order valence-electron chi connectivity index (χ4n) is 4.80. The molecule has 38 heavy (non-hydrogen) atoms. The van der Waals surface area contributed by atoms with Gasteiger partial charge >= 0.3 is 0 Å². The lowest BCUT2D eigenvalue weighted by atomic mass is 10.0. The Morgan fingerprint density at radius 2 is 1.71 bits per heavy atom. The number of β-amino-alcohol motifs (C(OH)–C–C–N with tert-alkyl or cyclic N) is 1. The van der Waals surface area contributed by atoms with Crippen molar-refractivity contribution in [2.75, 3.05) is 57.9 Å². The fourth-order valence-corrected chi connectivity index (χ4v) is 4.80. The van der Waals surface area contributed by atoms with Crippen molar-refractivity contribution in [1.82, 2.24) is 14.9 Å². The molecule has 204 valence electrons. The molecule has 1 saturated heterocycles. The number of hydrogen-bond donors (Lipinski definition) is 1. The van der Waals surface area contributed by atoms with Gasteiger partial charge in [-0.1, -0.05) is 73.5 Å². The van der Waals surface area contributed by atoms with Gasteiger partial charge in [-0.2, -0.15) is 0 Å². The monoisotopic (exact) mass is 518 g/mol. The predicted octanol–water partition coefficient (Wildman–Crippen LogP) is 4.49. The van der Waals surface area contributed by atoms with Crippen molar-refractivity contribution in [1.29, 1.82) is 0 Å². The Hall–Kier alpha value is -2.84. The Labute approximate surface area is 227 Å². The van der Waals surface area contributed by atoms with E-state index >= 15 is 0 Å². The Balaban J connectivity index is 1.56. The summed E-state index contributed by atoms with van der Waals surface area (Å²) in [5.41, 5.74) is 5.52. The number of benzene rings is 2. The molecule has 1 aromatic heterocycles. The van der Waals surface area contributed by atoms with Gasteiger partial charge in [-0.25, -0.2) is 9.97 Å². The van der Waals surface area contributed by atoms with Crippen molar-refractivity contribution in [2.24, 2.45) is 0 Å². The third kappa shape index (κ3) is 7.84. The van der Waals surface area contributed by atoms with Gasteiger partial charge < -0.3 is 19.5 Å². The van der Waals surface area contributed by atoms with Crippen LogP contribution in [0.3, 0.4) is 0 Å². The first-order valence-corrected chi connectivity index (χ1v) is 13.8. The fraction of sp³-hybridized carbons (Fsp3) is 0.484. The van der Waals surface area contributed by atoms with Gasteiger partial charge in [0.2, 0.25) is 0 Å². The summed E-state index contributed by atoms with van der Waals surface area (Å²) < 4.78 is 11.2. The maximum atomic E-state index is 10.5. The quantitative estimate of drug-likeness (QED) is 0.334. The van der Waals surface area contributed by atoms with E-state index in [1.54, 1.807) is 7.11 Å². The van der Waals surface area contributed by atoms with E-state index in [0.29, 0.717) is 26.4 Å². The molecule has 0 spiro atoms. The van der Waals surface area contributed by atoms with Gasteiger partial charge in [-0.15, -0.1) is 0 Å². The van der Waals surface area contributed by atoms with Crippen molar-refractivity contribution < 1.29 is 14.6 Å². The van der Waals surface area contributed by atoms with Crippen LogP contribution in [0.1, 0.15) is 42.1 Å². The Bertz CT molecular complexity index is 1120. The smallest absolute Gasteiger partial charge is 0.161 e. The second kappa shape index (κ2) is 14.4. The first kappa shape index (κ1) is 28.2. The van der Waals surface area contributed by atoms with Gasteiger partial charge in [-0.05, 0) is 18.9 Å². The molecule has 0 amide bonds. The largest absolute Gasteiger partial charge is 0.389 e.